The standard InChI is InChI=1S/C15H24BrN/c1-4-6-11-17(13(3)5-2)12-14-7-9-15(16)10-8-14/h7-10,13H,4-6,11-12H2,1-3H3. The molecule has 1 unspecified atom stereocenters. The highest BCUT2D eigenvalue weighted by molar-refractivity contribution is 9.10. The van der Waals surface area contributed by atoms with Crippen molar-refractivity contribution in [3.05, 3.63) is 34.3 Å². The summed E-state index contributed by atoms with van der Waals surface area (Å²) < 4.78 is 1.16. The molecule has 0 amide bonds. The fourth-order valence-electron chi connectivity index (χ4n) is 1.90. The molecule has 0 bridgehead atoms. The molecule has 1 atom stereocenters. The first-order chi connectivity index (χ1) is 8.17. The summed E-state index contributed by atoms with van der Waals surface area (Å²) in [6.07, 6.45) is 3.79. The topological polar surface area (TPSA) is 3.24 Å². The number of benzene rings is 1. The molecule has 0 spiro atoms. The highest BCUT2D eigenvalue weighted by Crippen LogP contribution is 2.15. The van der Waals surface area contributed by atoms with E-state index in [1.165, 1.54) is 31.4 Å². The predicted octanol–water partition coefficient (Wildman–Crippen LogP) is 4.85. The van der Waals surface area contributed by atoms with Gasteiger partial charge >= 0.3 is 0 Å². The quantitative estimate of drug-likeness (QED) is 0.695. The van der Waals surface area contributed by atoms with Gasteiger partial charge in [-0.3, -0.25) is 4.90 Å². The van der Waals surface area contributed by atoms with Crippen LogP contribution in [0.3, 0.4) is 0 Å². The van der Waals surface area contributed by atoms with Crippen molar-refractivity contribution in [3.8, 4) is 0 Å². The number of unbranched alkanes of at least 4 members (excludes halogenated alkanes) is 1. The fourth-order valence-corrected chi connectivity index (χ4v) is 2.16. The van der Waals surface area contributed by atoms with Gasteiger partial charge in [-0.15, -0.1) is 0 Å². The van der Waals surface area contributed by atoms with Gasteiger partial charge in [-0.05, 0) is 44.0 Å². The van der Waals surface area contributed by atoms with E-state index in [-0.39, 0.29) is 0 Å². The molecule has 0 heterocycles. The molecule has 0 radical (unpaired) electrons. The maximum absolute atomic E-state index is 3.48. The molecule has 0 aliphatic heterocycles. The van der Waals surface area contributed by atoms with Crippen molar-refractivity contribution in [2.75, 3.05) is 6.54 Å². The Morgan fingerprint density at radius 1 is 1.18 bits per heavy atom. The van der Waals surface area contributed by atoms with E-state index >= 15 is 0 Å². The van der Waals surface area contributed by atoms with Crippen LogP contribution in [0, 0.1) is 0 Å². The Kier molecular flexibility index (Phi) is 6.83. The second-order valence-corrected chi connectivity index (χ2v) is 5.62. The molecule has 0 aromatic heterocycles. The van der Waals surface area contributed by atoms with E-state index in [9.17, 15) is 0 Å². The summed E-state index contributed by atoms with van der Waals surface area (Å²) in [6, 6.07) is 9.36. The van der Waals surface area contributed by atoms with Crippen LogP contribution in [0.4, 0.5) is 0 Å². The van der Waals surface area contributed by atoms with E-state index in [2.05, 4.69) is 65.9 Å². The van der Waals surface area contributed by atoms with Crippen molar-refractivity contribution in [1.82, 2.24) is 4.90 Å². The van der Waals surface area contributed by atoms with Crippen molar-refractivity contribution >= 4 is 15.9 Å². The van der Waals surface area contributed by atoms with Crippen molar-refractivity contribution in [3.63, 3.8) is 0 Å². The highest BCUT2D eigenvalue weighted by Gasteiger charge is 2.11. The van der Waals surface area contributed by atoms with Crippen molar-refractivity contribution in [1.29, 1.82) is 0 Å². The van der Waals surface area contributed by atoms with E-state index < -0.39 is 0 Å². The van der Waals surface area contributed by atoms with Crippen LogP contribution < -0.4 is 0 Å². The van der Waals surface area contributed by atoms with Gasteiger partial charge in [0.15, 0.2) is 0 Å². The summed E-state index contributed by atoms with van der Waals surface area (Å²) in [7, 11) is 0. The van der Waals surface area contributed by atoms with Crippen LogP contribution in [0.5, 0.6) is 0 Å². The van der Waals surface area contributed by atoms with Crippen molar-refractivity contribution in [2.24, 2.45) is 0 Å². The highest BCUT2D eigenvalue weighted by atomic mass is 79.9. The molecule has 0 aliphatic rings. The molecule has 0 saturated heterocycles. The van der Waals surface area contributed by atoms with Gasteiger partial charge in [0.25, 0.3) is 0 Å². The first kappa shape index (κ1) is 14.7. The second kappa shape index (κ2) is 7.88. The third-order valence-electron chi connectivity index (χ3n) is 3.31. The van der Waals surface area contributed by atoms with Gasteiger partial charge in [0, 0.05) is 17.1 Å². The zero-order chi connectivity index (χ0) is 12.7. The minimum absolute atomic E-state index is 0.671. The van der Waals surface area contributed by atoms with Crippen LogP contribution in [0.25, 0.3) is 0 Å². The lowest BCUT2D eigenvalue weighted by Gasteiger charge is -2.28. The summed E-state index contributed by atoms with van der Waals surface area (Å²) in [5.74, 6) is 0. The molecule has 17 heavy (non-hydrogen) atoms. The van der Waals surface area contributed by atoms with Gasteiger partial charge in [-0.25, -0.2) is 0 Å². The second-order valence-electron chi connectivity index (χ2n) is 4.71. The molecule has 0 N–H and O–H groups in total. The van der Waals surface area contributed by atoms with E-state index in [0.717, 1.165) is 11.0 Å². The number of halogens is 1. The van der Waals surface area contributed by atoms with Gasteiger partial charge in [0.05, 0.1) is 0 Å². The third kappa shape index (κ3) is 5.22. The molecular formula is C15H24BrN. The zero-order valence-electron chi connectivity index (χ0n) is 11.2. The lowest BCUT2D eigenvalue weighted by molar-refractivity contribution is 0.192. The Labute approximate surface area is 114 Å². The summed E-state index contributed by atoms with van der Waals surface area (Å²) >= 11 is 3.48. The summed E-state index contributed by atoms with van der Waals surface area (Å²) in [6.45, 7) is 9.14. The van der Waals surface area contributed by atoms with Crippen molar-refractivity contribution in [2.45, 2.75) is 52.6 Å². The average Bonchev–Trinajstić information content (AvgIpc) is 2.36. The van der Waals surface area contributed by atoms with Crippen LogP contribution in [-0.2, 0) is 6.54 Å². The number of rotatable bonds is 7. The van der Waals surface area contributed by atoms with Gasteiger partial charge in [0.2, 0.25) is 0 Å². The van der Waals surface area contributed by atoms with E-state index in [4.69, 9.17) is 0 Å². The maximum Gasteiger partial charge on any atom is 0.0236 e. The Bertz CT molecular complexity index is 307. The third-order valence-corrected chi connectivity index (χ3v) is 3.84. The molecule has 0 saturated carbocycles. The zero-order valence-corrected chi connectivity index (χ0v) is 12.8. The maximum atomic E-state index is 3.48. The van der Waals surface area contributed by atoms with Gasteiger partial charge in [0.1, 0.15) is 0 Å². The first-order valence-electron chi connectivity index (χ1n) is 6.65. The lowest BCUT2D eigenvalue weighted by atomic mass is 10.1. The molecule has 0 fully saturated rings. The molecular weight excluding hydrogens is 274 g/mol. The SMILES string of the molecule is CCCCN(Cc1ccc(Br)cc1)C(C)CC. The van der Waals surface area contributed by atoms with Crippen LogP contribution in [0.15, 0.2) is 28.7 Å². The molecule has 96 valence electrons. The largest absolute Gasteiger partial charge is 0.296 e. The normalized spacial score (nSPS) is 13.0. The van der Waals surface area contributed by atoms with Crippen LogP contribution >= 0.6 is 15.9 Å². The monoisotopic (exact) mass is 297 g/mol. The summed E-state index contributed by atoms with van der Waals surface area (Å²) in [4.78, 5) is 2.59. The molecule has 2 heteroatoms. The number of hydrogen-bond acceptors (Lipinski definition) is 1. The van der Waals surface area contributed by atoms with Crippen LogP contribution in [-0.4, -0.2) is 17.5 Å². The molecule has 0 aliphatic carbocycles. The van der Waals surface area contributed by atoms with E-state index in [0.29, 0.717) is 6.04 Å². The predicted molar refractivity (Wildman–Crippen MR) is 79.2 cm³/mol. The Balaban J connectivity index is 2.61. The molecule has 1 aromatic rings. The minimum atomic E-state index is 0.671. The first-order valence-corrected chi connectivity index (χ1v) is 7.45. The van der Waals surface area contributed by atoms with E-state index in [1.54, 1.807) is 0 Å². The van der Waals surface area contributed by atoms with E-state index in [1.807, 2.05) is 0 Å². The minimum Gasteiger partial charge on any atom is -0.296 e. The molecule has 1 nitrogen and oxygen atoms in total. The average molecular weight is 298 g/mol. The van der Waals surface area contributed by atoms with Crippen LogP contribution in [0.2, 0.25) is 0 Å². The smallest absolute Gasteiger partial charge is 0.0236 e. The Morgan fingerprint density at radius 2 is 1.82 bits per heavy atom. The van der Waals surface area contributed by atoms with Gasteiger partial charge in [-0.2, -0.15) is 0 Å². The number of nitrogens with zero attached hydrogens (tertiary/aromatic N) is 1. The summed E-state index contributed by atoms with van der Waals surface area (Å²) in [5.41, 5.74) is 1.41. The van der Waals surface area contributed by atoms with Crippen molar-refractivity contribution < 1.29 is 0 Å². The lowest BCUT2D eigenvalue weighted by Crippen LogP contribution is -2.32. The summed E-state index contributed by atoms with van der Waals surface area (Å²) in [5, 5.41) is 0. The Morgan fingerprint density at radius 3 is 2.35 bits per heavy atom. The number of hydrogen-bond donors (Lipinski definition) is 0. The fraction of sp³-hybridized carbons (Fsp3) is 0.600. The Hall–Kier alpha value is -0.340. The van der Waals surface area contributed by atoms with Gasteiger partial charge < -0.3 is 0 Å². The van der Waals surface area contributed by atoms with Gasteiger partial charge in [-0.1, -0.05) is 48.3 Å². The van der Waals surface area contributed by atoms with Crippen LogP contribution in [0.1, 0.15) is 45.6 Å². The molecule has 1 aromatic carbocycles. The molecule has 1 rings (SSSR count).